The third-order valence-corrected chi connectivity index (χ3v) is 6.19. The number of benzene rings is 2. The standard InChI is InChI=1S/C21H21Cl3N2O2/c1-13(21(28)25-19-12-17(23)16(22)11-18(19)24)26-9-7-15(8-10-26)20(27)14-5-3-2-4-6-14/h2-6,11-13,15H,7-10H2,1H3,(H,25,28). The third kappa shape index (κ3) is 4.87. The number of likely N-dealkylation sites (tertiary alicyclic amines) is 1. The lowest BCUT2D eigenvalue weighted by molar-refractivity contribution is -0.121. The normalized spacial score (nSPS) is 16.6. The minimum atomic E-state index is -0.349. The summed E-state index contributed by atoms with van der Waals surface area (Å²) < 4.78 is 0. The Morgan fingerprint density at radius 1 is 1.00 bits per heavy atom. The van der Waals surface area contributed by atoms with Crippen LogP contribution in [0.3, 0.4) is 0 Å². The molecule has 7 heteroatoms. The molecule has 148 valence electrons. The molecular weight excluding hydrogens is 419 g/mol. The Hall–Kier alpha value is -1.59. The molecule has 1 atom stereocenters. The van der Waals surface area contributed by atoms with Crippen LogP contribution >= 0.6 is 34.8 Å². The molecule has 1 aliphatic heterocycles. The number of nitrogens with one attached hydrogen (secondary N) is 1. The van der Waals surface area contributed by atoms with E-state index in [1.54, 1.807) is 6.07 Å². The first-order valence-electron chi connectivity index (χ1n) is 9.15. The van der Waals surface area contributed by atoms with Crippen molar-refractivity contribution in [2.24, 2.45) is 5.92 Å². The minimum absolute atomic E-state index is 0.00146. The summed E-state index contributed by atoms with van der Waals surface area (Å²) in [5.74, 6) is 0.00601. The fraction of sp³-hybridized carbons (Fsp3) is 0.333. The highest BCUT2D eigenvalue weighted by atomic mass is 35.5. The van der Waals surface area contributed by atoms with Crippen molar-refractivity contribution in [2.45, 2.75) is 25.8 Å². The van der Waals surface area contributed by atoms with E-state index in [2.05, 4.69) is 10.2 Å². The van der Waals surface area contributed by atoms with Crippen molar-refractivity contribution in [1.82, 2.24) is 4.90 Å². The van der Waals surface area contributed by atoms with E-state index in [1.807, 2.05) is 37.3 Å². The predicted molar refractivity (Wildman–Crippen MR) is 115 cm³/mol. The quantitative estimate of drug-likeness (QED) is 0.489. The molecule has 0 aliphatic carbocycles. The van der Waals surface area contributed by atoms with Crippen LogP contribution in [0.5, 0.6) is 0 Å². The number of hydrogen-bond acceptors (Lipinski definition) is 3. The zero-order valence-electron chi connectivity index (χ0n) is 15.4. The van der Waals surface area contributed by atoms with Gasteiger partial charge in [-0.1, -0.05) is 65.1 Å². The van der Waals surface area contributed by atoms with Crippen LogP contribution in [0.25, 0.3) is 0 Å². The molecule has 1 unspecified atom stereocenters. The summed E-state index contributed by atoms with van der Waals surface area (Å²) in [6.07, 6.45) is 1.47. The van der Waals surface area contributed by atoms with Gasteiger partial charge in [-0.3, -0.25) is 14.5 Å². The second-order valence-corrected chi connectivity index (χ2v) is 8.17. The molecule has 0 saturated carbocycles. The number of rotatable bonds is 5. The van der Waals surface area contributed by atoms with Crippen molar-refractivity contribution in [3.8, 4) is 0 Å². The molecule has 0 aromatic heterocycles. The van der Waals surface area contributed by atoms with Crippen LogP contribution in [0.4, 0.5) is 5.69 Å². The summed E-state index contributed by atoms with van der Waals surface area (Å²) in [6.45, 7) is 3.22. The molecule has 0 spiro atoms. The van der Waals surface area contributed by atoms with Crippen molar-refractivity contribution in [1.29, 1.82) is 0 Å². The maximum absolute atomic E-state index is 12.6. The molecule has 0 bridgehead atoms. The van der Waals surface area contributed by atoms with E-state index in [4.69, 9.17) is 34.8 Å². The number of amides is 1. The number of halogens is 3. The van der Waals surface area contributed by atoms with Gasteiger partial charge in [-0.2, -0.15) is 0 Å². The summed E-state index contributed by atoms with van der Waals surface area (Å²) in [5.41, 5.74) is 1.18. The van der Waals surface area contributed by atoms with Crippen LogP contribution in [0.15, 0.2) is 42.5 Å². The van der Waals surface area contributed by atoms with Gasteiger partial charge in [0, 0.05) is 11.5 Å². The summed E-state index contributed by atoms with van der Waals surface area (Å²) in [7, 11) is 0. The Labute approximate surface area is 179 Å². The highest BCUT2D eigenvalue weighted by molar-refractivity contribution is 6.44. The molecular formula is C21H21Cl3N2O2. The number of carbonyl (C=O) groups is 2. The lowest BCUT2D eigenvalue weighted by Gasteiger charge is -2.34. The van der Waals surface area contributed by atoms with Gasteiger partial charge in [0.1, 0.15) is 0 Å². The second-order valence-electron chi connectivity index (χ2n) is 6.95. The number of Topliss-reactive ketones (excluding diaryl/α,β-unsaturated/α-hetero) is 1. The maximum atomic E-state index is 12.6. The van der Waals surface area contributed by atoms with Crippen LogP contribution in [-0.4, -0.2) is 35.7 Å². The average Bonchev–Trinajstić information content (AvgIpc) is 2.71. The largest absolute Gasteiger partial charge is 0.323 e. The lowest BCUT2D eigenvalue weighted by atomic mass is 9.88. The summed E-state index contributed by atoms with van der Waals surface area (Å²) in [5, 5.41) is 3.81. The number of ketones is 1. The number of carbonyl (C=O) groups excluding carboxylic acids is 2. The lowest BCUT2D eigenvalue weighted by Crippen LogP contribution is -2.47. The van der Waals surface area contributed by atoms with E-state index in [-0.39, 0.29) is 23.7 Å². The van der Waals surface area contributed by atoms with Gasteiger partial charge in [0.2, 0.25) is 5.91 Å². The Morgan fingerprint density at radius 3 is 2.25 bits per heavy atom. The Bertz CT molecular complexity index is 865. The van der Waals surface area contributed by atoms with Gasteiger partial charge in [0.15, 0.2) is 5.78 Å². The van der Waals surface area contributed by atoms with Gasteiger partial charge < -0.3 is 5.32 Å². The first kappa shape index (κ1) is 21.1. The second kappa shape index (κ2) is 9.27. The van der Waals surface area contributed by atoms with Crippen molar-refractivity contribution < 1.29 is 9.59 Å². The number of hydrogen-bond donors (Lipinski definition) is 1. The molecule has 2 aromatic carbocycles. The summed E-state index contributed by atoms with van der Waals surface area (Å²) in [4.78, 5) is 27.3. The fourth-order valence-electron chi connectivity index (χ4n) is 3.41. The van der Waals surface area contributed by atoms with Gasteiger partial charge in [-0.15, -0.1) is 0 Å². The van der Waals surface area contributed by atoms with E-state index < -0.39 is 0 Å². The van der Waals surface area contributed by atoms with Crippen LogP contribution < -0.4 is 5.32 Å². The third-order valence-electron chi connectivity index (χ3n) is 5.15. The van der Waals surface area contributed by atoms with E-state index in [1.165, 1.54) is 6.07 Å². The first-order valence-corrected chi connectivity index (χ1v) is 10.3. The van der Waals surface area contributed by atoms with E-state index in [9.17, 15) is 9.59 Å². The van der Waals surface area contributed by atoms with Gasteiger partial charge in [0.25, 0.3) is 0 Å². The number of piperidine rings is 1. The average molecular weight is 440 g/mol. The number of anilines is 1. The van der Waals surface area contributed by atoms with Crippen LogP contribution in [0, 0.1) is 5.92 Å². The monoisotopic (exact) mass is 438 g/mol. The molecule has 3 rings (SSSR count). The number of nitrogens with zero attached hydrogens (tertiary/aromatic N) is 1. The molecule has 1 aliphatic rings. The Morgan fingerprint density at radius 2 is 1.61 bits per heavy atom. The Balaban J connectivity index is 1.57. The van der Waals surface area contributed by atoms with Gasteiger partial charge >= 0.3 is 0 Å². The first-order chi connectivity index (χ1) is 13.4. The molecule has 0 radical (unpaired) electrons. The van der Waals surface area contributed by atoms with Crippen LogP contribution in [-0.2, 0) is 4.79 Å². The van der Waals surface area contributed by atoms with Crippen molar-refractivity contribution >= 4 is 52.2 Å². The SMILES string of the molecule is CC(C(=O)Nc1cc(Cl)c(Cl)cc1Cl)N1CCC(C(=O)c2ccccc2)CC1. The van der Waals surface area contributed by atoms with Crippen LogP contribution in [0.1, 0.15) is 30.1 Å². The molecule has 4 nitrogen and oxygen atoms in total. The smallest absolute Gasteiger partial charge is 0.241 e. The molecule has 28 heavy (non-hydrogen) atoms. The van der Waals surface area contributed by atoms with Gasteiger partial charge in [-0.25, -0.2) is 0 Å². The highest BCUT2D eigenvalue weighted by Crippen LogP contribution is 2.32. The van der Waals surface area contributed by atoms with Crippen molar-refractivity contribution in [3.05, 3.63) is 63.1 Å². The molecule has 1 N–H and O–H groups in total. The van der Waals surface area contributed by atoms with Gasteiger partial charge in [0.05, 0.1) is 26.8 Å². The van der Waals surface area contributed by atoms with E-state index >= 15 is 0 Å². The van der Waals surface area contributed by atoms with Crippen LogP contribution in [0.2, 0.25) is 15.1 Å². The summed E-state index contributed by atoms with van der Waals surface area (Å²) >= 11 is 18.1. The van der Waals surface area contributed by atoms with Gasteiger partial charge in [-0.05, 0) is 45.0 Å². The van der Waals surface area contributed by atoms with Crippen molar-refractivity contribution in [2.75, 3.05) is 18.4 Å². The molecule has 1 fully saturated rings. The zero-order chi connectivity index (χ0) is 20.3. The minimum Gasteiger partial charge on any atom is -0.323 e. The topological polar surface area (TPSA) is 49.4 Å². The molecule has 2 aromatic rings. The fourth-order valence-corrected chi connectivity index (χ4v) is 4.00. The maximum Gasteiger partial charge on any atom is 0.241 e. The Kier molecular flexibility index (Phi) is 7.00. The van der Waals surface area contributed by atoms with E-state index in [0.717, 1.165) is 18.4 Å². The van der Waals surface area contributed by atoms with Crippen molar-refractivity contribution in [3.63, 3.8) is 0 Å². The molecule has 1 amide bonds. The highest BCUT2D eigenvalue weighted by Gasteiger charge is 2.30. The summed E-state index contributed by atoms with van der Waals surface area (Å²) in [6, 6.07) is 12.1. The predicted octanol–water partition coefficient (Wildman–Crippen LogP) is 5.57. The van der Waals surface area contributed by atoms with E-state index in [0.29, 0.717) is 33.8 Å². The molecule has 1 heterocycles. The zero-order valence-corrected chi connectivity index (χ0v) is 17.7. The molecule has 1 saturated heterocycles.